The average Bonchev–Trinajstić information content (AvgIpc) is 2.60. The molecule has 0 spiro atoms. The van der Waals surface area contributed by atoms with E-state index >= 15 is 0 Å². The molecular weight excluding hydrogens is 344 g/mol. The summed E-state index contributed by atoms with van der Waals surface area (Å²) in [4.78, 5) is 23.1. The van der Waals surface area contributed by atoms with E-state index in [2.05, 4.69) is 16.6 Å². The Hall–Kier alpha value is -1.70. The highest BCUT2D eigenvalue weighted by Gasteiger charge is 2.31. The standard InChI is InChI=1S/C17H28N2O7/c1-2-3-4-15(21)18-5-7-24-9-10-25-8-6-19-17(23)14-11-13(20)12-16(22)26-14/h1,13-14,16,20,22H,3-12H2,(H,18,21)(H,19,23)/t13-,14?,16?/m0/s1. The van der Waals surface area contributed by atoms with Crippen molar-refractivity contribution in [3.05, 3.63) is 0 Å². The first kappa shape index (κ1) is 22.3. The van der Waals surface area contributed by atoms with Gasteiger partial charge in [-0.15, -0.1) is 12.3 Å². The maximum absolute atomic E-state index is 11.8. The number of hydrogen-bond donors (Lipinski definition) is 4. The Kier molecular flexibility index (Phi) is 11.6. The minimum Gasteiger partial charge on any atom is -0.393 e. The largest absolute Gasteiger partial charge is 0.393 e. The molecule has 26 heavy (non-hydrogen) atoms. The zero-order chi connectivity index (χ0) is 19.2. The number of carbonyl (C=O) groups is 2. The molecule has 0 aromatic carbocycles. The summed E-state index contributed by atoms with van der Waals surface area (Å²) in [5.74, 6) is 1.92. The van der Waals surface area contributed by atoms with Crippen molar-refractivity contribution in [2.45, 2.75) is 44.2 Å². The van der Waals surface area contributed by atoms with E-state index in [1.54, 1.807) is 0 Å². The van der Waals surface area contributed by atoms with Crippen molar-refractivity contribution in [2.75, 3.05) is 39.5 Å². The van der Waals surface area contributed by atoms with E-state index in [1.807, 2.05) is 0 Å². The highest BCUT2D eigenvalue weighted by atomic mass is 16.6. The monoisotopic (exact) mass is 372 g/mol. The molecule has 0 aliphatic carbocycles. The van der Waals surface area contributed by atoms with Crippen LogP contribution in [0.2, 0.25) is 0 Å². The van der Waals surface area contributed by atoms with Gasteiger partial charge in [0.1, 0.15) is 6.10 Å². The predicted octanol–water partition coefficient (Wildman–Crippen LogP) is -1.48. The molecule has 4 N–H and O–H groups in total. The first-order valence-corrected chi connectivity index (χ1v) is 8.68. The molecule has 1 heterocycles. The maximum atomic E-state index is 11.8. The number of rotatable bonds is 12. The summed E-state index contributed by atoms with van der Waals surface area (Å²) in [5.41, 5.74) is 0. The van der Waals surface area contributed by atoms with Gasteiger partial charge in [-0.1, -0.05) is 0 Å². The van der Waals surface area contributed by atoms with E-state index in [1.165, 1.54) is 0 Å². The third-order valence-electron chi connectivity index (χ3n) is 3.56. The van der Waals surface area contributed by atoms with Gasteiger partial charge in [-0.25, -0.2) is 0 Å². The smallest absolute Gasteiger partial charge is 0.249 e. The van der Waals surface area contributed by atoms with Crippen LogP contribution in [0.4, 0.5) is 0 Å². The molecule has 1 aliphatic rings. The average molecular weight is 372 g/mol. The van der Waals surface area contributed by atoms with Gasteiger partial charge in [-0.3, -0.25) is 9.59 Å². The molecule has 2 amide bonds. The minimum absolute atomic E-state index is 0.0967. The number of terminal acetylenes is 1. The van der Waals surface area contributed by atoms with Gasteiger partial charge in [0.05, 0.1) is 32.5 Å². The van der Waals surface area contributed by atoms with E-state index in [-0.39, 0.29) is 31.2 Å². The fourth-order valence-electron chi connectivity index (χ4n) is 2.26. The number of nitrogens with one attached hydrogen (secondary N) is 2. The lowest BCUT2D eigenvalue weighted by atomic mass is 10.0. The van der Waals surface area contributed by atoms with Crippen molar-refractivity contribution < 1.29 is 34.0 Å². The van der Waals surface area contributed by atoms with Gasteiger partial charge in [0.25, 0.3) is 0 Å². The topological polar surface area (TPSA) is 126 Å². The molecular formula is C17H28N2O7. The van der Waals surface area contributed by atoms with Crippen LogP contribution in [0.3, 0.4) is 0 Å². The molecule has 9 nitrogen and oxygen atoms in total. The molecule has 1 fully saturated rings. The maximum Gasteiger partial charge on any atom is 0.249 e. The number of hydrogen-bond acceptors (Lipinski definition) is 7. The van der Waals surface area contributed by atoms with E-state index in [4.69, 9.17) is 20.6 Å². The Morgan fingerprint density at radius 1 is 1.08 bits per heavy atom. The van der Waals surface area contributed by atoms with Crippen molar-refractivity contribution in [1.29, 1.82) is 0 Å². The van der Waals surface area contributed by atoms with E-state index in [0.717, 1.165) is 0 Å². The molecule has 0 aromatic heterocycles. The highest BCUT2D eigenvalue weighted by molar-refractivity contribution is 5.80. The molecule has 1 saturated heterocycles. The lowest BCUT2D eigenvalue weighted by Gasteiger charge is -2.29. The second kappa shape index (κ2) is 13.5. The number of aliphatic hydroxyl groups excluding tert-OH is 2. The van der Waals surface area contributed by atoms with Crippen molar-refractivity contribution in [2.24, 2.45) is 0 Å². The number of aliphatic hydroxyl groups is 2. The fraction of sp³-hybridized carbons (Fsp3) is 0.765. The van der Waals surface area contributed by atoms with Gasteiger partial charge in [0, 0.05) is 38.8 Å². The number of carbonyl (C=O) groups excluding carboxylic acids is 2. The molecule has 0 aromatic rings. The van der Waals surface area contributed by atoms with E-state index in [0.29, 0.717) is 45.8 Å². The van der Waals surface area contributed by atoms with Crippen LogP contribution in [0.5, 0.6) is 0 Å². The van der Waals surface area contributed by atoms with Crippen LogP contribution in [0.25, 0.3) is 0 Å². The van der Waals surface area contributed by atoms with Gasteiger partial charge in [0.15, 0.2) is 6.29 Å². The summed E-state index contributed by atoms with van der Waals surface area (Å²) in [7, 11) is 0. The molecule has 0 bridgehead atoms. The van der Waals surface area contributed by atoms with Gasteiger partial charge in [0.2, 0.25) is 11.8 Å². The Labute approximate surface area is 153 Å². The molecule has 1 rings (SSSR count). The van der Waals surface area contributed by atoms with Crippen LogP contribution < -0.4 is 10.6 Å². The summed E-state index contributed by atoms with van der Waals surface area (Å²) in [6.07, 6.45) is 3.36. The number of ether oxygens (including phenoxy) is 3. The first-order chi connectivity index (χ1) is 12.5. The van der Waals surface area contributed by atoms with Crippen molar-refractivity contribution in [3.8, 4) is 12.3 Å². The summed E-state index contributed by atoms with van der Waals surface area (Å²) in [6.45, 7) is 2.12. The zero-order valence-electron chi connectivity index (χ0n) is 14.8. The van der Waals surface area contributed by atoms with Gasteiger partial charge < -0.3 is 35.1 Å². The quantitative estimate of drug-likeness (QED) is 0.243. The normalized spacial score (nSPS) is 22.4. The van der Waals surface area contributed by atoms with E-state index < -0.39 is 18.5 Å². The summed E-state index contributed by atoms with van der Waals surface area (Å²) < 4.78 is 15.7. The third-order valence-corrected chi connectivity index (χ3v) is 3.56. The molecule has 1 aliphatic heterocycles. The van der Waals surface area contributed by atoms with Crippen LogP contribution in [-0.4, -0.2) is 80.0 Å². The molecule has 0 saturated carbocycles. The second-order valence-electron chi connectivity index (χ2n) is 5.77. The Bertz CT molecular complexity index is 457. The van der Waals surface area contributed by atoms with Crippen LogP contribution in [0, 0.1) is 12.3 Å². The predicted molar refractivity (Wildman–Crippen MR) is 91.8 cm³/mol. The Morgan fingerprint density at radius 2 is 1.73 bits per heavy atom. The van der Waals surface area contributed by atoms with Gasteiger partial charge in [-0.2, -0.15) is 0 Å². The fourth-order valence-corrected chi connectivity index (χ4v) is 2.26. The molecule has 2 unspecified atom stereocenters. The Balaban J connectivity index is 1.91. The summed E-state index contributed by atoms with van der Waals surface area (Å²) in [5, 5.41) is 24.2. The lowest BCUT2D eigenvalue weighted by Crippen LogP contribution is -2.45. The van der Waals surface area contributed by atoms with Crippen molar-refractivity contribution >= 4 is 11.8 Å². The lowest BCUT2D eigenvalue weighted by molar-refractivity contribution is -0.194. The van der Waals surface area contributed by atoms with Gasteiger partial charge in [-0.05, 0) is 0 Å². The van der Waals surface area contributed by atoms with Crippen LogP contribution in [-0.2, 0) is 23.8 Å². The van der Waals surface area contributed by atoms with E-state index in [9.17, 15) is 19.8 Å². The van der Waals surface area contributed by atoms with Gasteiger partial charge >= 0.3 is 0 Å². The minimum atomic E-state index is -1.12. The number of amides is 2. The van der Waals surface area contributed by atoms with Crippen LogP contribution in [0.15, 0.2) is 0 Å². The molecule has 3 atom stereocenters. The summed E-state index contributed by atoms with van der Waals surface area (Å²) in [6, 6.07) is 0. The molecule has 9 heteroatoms. The van der Waals surface area contributed by atoms with Crippen LogP contribution in [0.1, 0.15) is 25.7 Å². The van der Waals surface area contributed by atoms with Crippen molar-refractivity contribution in [1.82, 2.24) is 10.6 Å². The zero-order valence-corrected chi connectivity index (χ0v) is 14.8. The third kappa shape index (κ3) is 10.3. The van der Waals surface area contributed by atoms with Crippen LogP contribution >= 0.6 is 0 Å². The second-order valence-corrected chi connectivity index (χ2v) is 5.77. The Morgan fingerprint density at radius 3 is 2.35 bits per heavy atom. The highest BCUT2D eigenvalue weighted by Crippen LogP contribution is 2.17. The van der Waals surface area contributed by atoms with Crippen molar-refractivity contribution in [3.63, 3.8) is 0 Å². The molecule has 148 valence electrons. The first-order valence-electron chi connectivity index (χ1n) is 8.68. The SMILES string of the molecule is C#CCCC(=O)NCCOCCOCCNC(=O)C1C[C@H](O)CC(O)O1. The molecule has 0 radical (unpaired) electrons. The summed E-state index contributed by atoms with van der Waals surface area (Å²) >= 11 is 0.